The minimum Gasteiger partial charge on any atom is -0.428 e. The van der Waals surface area contributed by atoms with E-state index in [4.69, 9.17) is 10.5 Å². The molecule has 0 radical (unpaired) electrons. The van der Waals surface area contributed by atoms with Gasteiger partial charge >= 0.3 is 12.1 Å². The van der Waals surface area contributed by atoms with Gasteiger partial charge in [-0.2, -0.15) is 11.8 Å². The van der Waals surface area contributed by atoms with Gasteiger partial charge in [-0.05, 0) is 26.3 Å². The van der Waals surface area contributed by atoms with E-state index < -0.39 is 23.8 Å². The van der Waals surface area contributed by atoms with Crippen molar-refractivity contribution in [3.8, 4) is 0 Å². The second-order valence-electron chi connectivity index (χ2n) is 5.49. The second-order valence-corrected chi connectivity index (χ2v) is 6.52. The van der Waals surface area contributed by atoms with Gasteiger partial charge in [-0.1, -0.05) is 30.3 Å². The number of ether oxygens (including phenoxy) is 2. The Kier molecular flexibility index (Phi) is 6.71. The molecular formula is C15H21NO4S. The summed E-state index contributed by atoms with van der Waals surface area (Å²) < 4.78 is 9.44. The maximum Gasteiger partial charge on any atom is 0.516 e. The number of esters is 1. The predicted octanol–water partition coefficient (Wildman–Crippen LogP) is 2.73. The lowest BCUT2D eigenvalue weighted by Gasteiger charge is -2.19. The first-order valence-electron chi connectivity index (χ1n) is 6.60. The lowest BCUT2D eigenvalue weighted by atomic mass is 10.2. The molecule has 0 amide bonds. The van der Waals surface area contributed by atoms with E-state index in [-0.39, 0.29) is 0 Å². The molecule has 21 heavy (non-hydrogen) atoms. The van der Waals surface area contributed by atoms with E-state index in [1.54, 1.807) is 20.8 Å². The monoisotopic (exact) mass is 311 g/mol. The standard InChI is InChI=1S/C15H21NO4S/c1-15(2,3)20-14(18)19-13(17)12(16)10-21-9-11-7-5-4-6-8-11/h4-8,12H,9-10,16H2,1-3H3/t12-/m0/s1. The van der Waals surface area contributed by atoms with Gasteiger partial charge in [0.05, 0.1) is 0 Å². The minimum absolute atomic E-state index is 0.372. The molecule has 1 atom stereocenters. The van der Waals surface area contributed by atoms with Crippen molar-refractivity contribution in [3.05, 3.63) is 35.9 Å². The first kappa shape index (κ1) is 17.5. The molecule has 0 heterocycles. The van der Waals surface area contributed by atoms with Gasteiger partial charge in [-0.3, -0.25) is 0 Å². The number of thioether (sulfide) groups is 1. The Balaban J connectivity index is 2.29. The lowest BCUT2D eigenvalue weighted by molar-refractivity contribution is -0.142. The van der Waals surface area contributed by atoms with Crippen molar-refractivity contribution in [2.45, 2.75) is 38.2 Å². The third-order valence-corrected chi connectivity index (χ3v) is 3.42. The van der Waals surface area contributed by atoms with Crippen molar-refractivity contribution in [2.75, 3.05) is 5.75 Å². The molecule has 0 fully saturated rings. The van der Waals surface area contributed by atoms with E-state index in [1.165, 1.54) is 11.8 Å². The molecule has 5 nitrogen and oxygen atoms in total. The van der Waals surface area contributed by atoms with Crippen LogP contribution in [0, 0.1) is 0 Å². The summed E-state index contributed by atoms with van der Waals surface area (Å²) in [6.45, 7) is 5.07. The van der Waals surface area contributed by atoms with E-state index in [0.29, 0.717) is 5.75 Å². The van der Waals surface area contributed by atoms with Crippen LogP contribution in [0.15, 0.2) is 30.3 Å². The molecule has 0 aliphatic carbocycles. The van der Waals surface area contributed by atoms with Crippen LogP contribution in [0.2, 0.25) is 0 Å². The molecule has 1 aromatic rings. The predicted molar refractivity (Wildman–Crippen MR) is 82.9 cm³/mol. The van der Waals surface area contributed by atoms with Crippen LogP contribution < -0.4 is 5.73 Å². The minimum atomic E-state index is -1.02. The summed E-state index contributed by atoms with van der Waals surface area (Å²) in [5.74, 6) is 0.343. The Hall–Kier alpha value is -1.53. The van der Waals surface area contributed by atoms with Crippen molar-refractivity contribution >= 4 is 23.9 Å². The summed E-state index contributed by atoms with van der Waals surface area (Å²) in [6.07, 6.45) is -1.02. The molecule has 0 saturated heterocycles. The third-order valence-electron chi connectivity index (χ3n) is 2.29. The highest BCUT2D eigenvalue weighted by Gasteiger charge is 2.23. The van der Waals surface area contributed by atoms with Crippen LogP contribution in [0.3, 0.4) is 0 Å². The summed E-state index contributed by atoms with van der Waals surface area (Å²) >= 11 is 1.51. The number of hydrogen-bond donors (Lipinski definition) is 1. The molecule has 0 saturated carbocycles. The molecule has 0 spiro atoms. The van der Waals surface area contributed by atoms with Gasteiger partial charge in [0.25, 0.3) is 0 Å². The van der Waals surface area contributed by atoms with Gasteiger partial charge in [-0.15, -0.1) is 0 Å². The Morgan fingerprint density at radius 3 is 2.43 bits per heavy atom. The van der Waals surface area contributed by atoms with E-state index in [1.807, 2.05) is 30.3 Å². The first-order chi connectivity index (χ1) is 9.78. The number of benzene rings is 1. The van der Waals surface area contributed by atoms with E-state index >= 15 is 0 Å². The first-order valence-corrected chi connectivity index (χ1v) is 7.75. The van der Waals surface area contributed by atoms with Gasteiger partial charge in [0.15, 0.2) is 0 Å². The van der Waals surface area contributed by atoms with Crippen molar-refractivity contribution < 1.29 is 19.1 Å². The van der Waals surface area contributed by atoms with Crippen LogP contribution in [-0.2, 0) is 20.0 Å². The number of hydrogen-bond acceptors (Lipinski definition) is 6. The fourth-order valence-electron chi connectivity index (χ4n) is 1.37. The molecule has 0 aliphatic rings. The van der Waals surface area contributed by atoms with Crippen LogP contribution in [0.25, 0.3) is 0 Å². The number of carbonyl (C=O) groups is 2. The molecule has 0 aromatic heterocycles. The number of rotatable bonds is 5. The van der Waals surface area contributed by atoms with Gasteiger partial charge in [-0.25, -0.2) is 9.59 Å². The summed E-state index contributed by atoms with van der Waals surface area (Å²) in [5.41, 5.74) is 6.13. The molecule has 0 aliphatic heterocycles. The zero-order chi connectivity index (χ0) is 15.9. The molecular weight excluding hydrogens is 290 g/mol. The Morgan fingerprint density at radius 1 is 1.24 bits per heavy atom. The van der Waals surface area contributed by atoms with Gasteiger partial charge in [0.2, 0.25) is 0 Å². The average molecular weight is 311 g/mol. The van der Waals surface area contributed by atoms with Gasteiger partial charge in [0.1, 0.15) is 11.6 Å². The SMILES string of the molecule is CC(C)(C)OC(=O)OC(=O)[C@@H](N)CSCc1ccccc1. The van der Waals surface area contributed by atoms with Gasteiger partial charge in [0, 0.05) is 11.5 Å². The Bertz CT molecular complexity index is 470. The number of carbonyl (C=O) groups excluding carboxylic acids is 2. The van der Waals surface area contributed by atoms with Crippen molar-refractivity contribution in [2.24, 2.45) is 5.73 Å². The molecule has 0 unspecified atom stereocenters. The zero-order valence-corrected chi connectivity index (χ0v) is 13.3. The van der Waals surface area contributed by atoms with Crippen LogP contribution in [0.1, 0.15) is 26.3 Å². The maximum atomic E-state index is 11.6. The van der Waals surface area contributed by atoms with Crippen LogP contribution >= 0.6 is 11.8 Å². The highest BCUT2D eigenvalue weighted by Crippen LogP contribution is 2.13. The molecule has 116 valence electrons. The van der Waals surface area contributed by atoms with Crippen molar-refractivity contribution in [1.29, 1.82) is 0 Å². The molecule has 0 bridgehead atoms. The normalized spacial score (nSPS) is 12.6. The average Bonchev–Trinajstić information content (AvgIpc) is 2.37. The van der Waals surface area contributed by atoms with Gasteiger partial charge < -0.3 is 15.2 Å². The third kappa shape index (κ3) is 7.72. The highest BCUT2D eigenvalue weighted by atomic mass is 32.2. The van der Waals surface area contributed by atoms with Crippen molar-refractivity contribution in [1.82, 2.24) is 0 Å². The van der Waals surface area contributed by atoms with Crippen molar-refractivity contribution in [3.63, 3.8) is 0 Å². The van der Waals surface area contributed by atoms with Crippen LogP contribution in [0.5, 0.6) is 0 Å². The molecule has 1 rings (SSSR count). The second kappa shape index (κ2) is 8.05. The lowest BCUT2D eigenvalue weighted by Crippen LogP contribution is -2.37. The molecule has 6 heteroatoms. The Morgan fingerprint density at radius 2 is 1.86 bits per heavy atom. The smallest absolute Gasteiger partial charge is 0.428 e. The Labute approximate surface area is 129 Å². The van der Waals surface area contributed by atoms with E-state index in [0.717, 1.165) is 11.3 Å². The van der Waals surface area contributed by atoms with E-state index in [9.17, 15) is 9.59 Å². The zero-order valence-electron chi connectivity index (χ0n) is 12.5. The van der Waals surface area contributed by atoms with E-state index in [2.05, 4.69) is 4.74 Å². The summed E-state index contributed by atoms with van der Waals surface area (Å²) in [4.78, 5) is 23.0. The topological polar surface area (TPSA) is 78.6 Å². The van der Waals surface area contributed by atoms with Crippen LogP contribution in [0.4, 0.5) is 4.79 Å². The fraction of sp³-hybridized carbons (Fsp3) is 0.467. The summed E-state index contributed by atoms with van der Waals surface area (Å²) in [7, 11) is 0. The maximum absolute atomic E-state index is 11.6. The molecule has 2 N–H and O–H groups in total. The quantitative estimate of drug-likeness (QED) is 0.665. The number of nitrogens with two attached hydrogens (primary N) is 1. The summed E-state index contributed by atoms with van der Waals surface area (Å²) in [5, 5.41) is 0. The fourth-order valence-corrected chi connectivity index (χ4v) is 2.31. The molecule has 1 aromatic carbocycles. The highest BCUT2D eigenvalue weighted by molar-refractivity contribution is 7.98. The summed E-state index contributed by atoms with van der Waals surface area (Å²) in [6, 6.07) is 8.98. The van der Waals surface area contributed by atoms with Crippen LogP contribution in [-0.4, -0.2) is 29.5 Å². The largest absolute Gasteiger partial charge is 0.516 e.